The predicted molar refractivity (Wildman–Crippen MR) is 162 cm³/mol. The topological polar surface area (TPSA) is 140 Å². The minimum atomic E-state index is -0.879. The van der Waals surface area contributed by atoms with Crippen molar-refractivity contribution in [2.24, 2.45) is 7.05 Å². The van der Waals surface area contributed by atoms with E-state index in [4.69, 9.17) is 9.84 Å². The number of nitrogens with zero attached hydrogens (tertiary/aromatic N) is 2. The number of aryl methyl sites for hydroxylation is 1. The highest BCUT2D eigenvalue weighted by Gasteiger charge is 2.17. The highest BCUT2D eigenvalue weighted by molar-refractivity contribution is 6.06. The summed E-state index contributed by atoms with van der Waals surface area (Å²) < 4.78 is 6.42. The van der Waals surface area contributed by atoms with Crippen LogP contribution in [0.15, 0.2) is 97.1 Å². The summed E-state index contributed by atoms with van der Waals surface area (Å²) in [5, 5.41) is 19.0. The van der Waals surface area contributed by atoms with Crippen molar-refractivity contribution in [3.8, 4) is 11.1 Å². The maximum absolute atomic E-state index is 13.0. The molecule has 2 amide bonds. The van der Waals surface area contributed by atoms with E-state index in [1.165, 1.54) is 7.11 Å². The molecule has 0 unspecified atom stereocenters. The molecule has 0 saturated carbocycles. The SMILES string of the molecule is CNC(=O)c1ccc(CNC(=O)c2nn(C)c3ccc(-c4ccc(C(=O)OC)cc4)cc23)cc1.O=C(O)c1ccccc1. The molecule has 0 saturated heterocycles. The first-order valence-corrected chi connectivity index (χ1v) is 13.2. The van der Waals surface area contributed by atoms with Crippen LogP contribution in [0, 0.1) is 0 Å². The summed E-state index contributed by atoms with van der Waals surface area (Å²) in [6.45, 7) is 0.305. The fourth-order valence-electron chi connectivity index (χ4n) is 4.29. The lowest BCUT2D eigenvalue weighted by Gasteiger charge is -2.06. The van der Waals surface area contributed by atoms with Crippen LogP contribution in [-0.2, 0) is 18.3 Å². The molecule has 5 aromatic rings. The Morgan fingerprint density at radius 2 is 1.42 bits per heavy atom. The summed E-state index contributed by atoms with van der Waals surface area (Å²) in [6, 6.07) is 28.2. The maximum Gasteiger partial charge on any atom is 0.337 e. The fourth-order valence-corrected chi connectivity index (χ4v) is 4.29. The molecule has 0 atom stereocenters. The van der Waals surface area contributed by atoms with Crippen molar-refractivity contribution in [3.05, 3.63) is 125 Å². The number of methoxy groups -OCH3 is 1. The van der Waals surface area contributed by atoms with Crippen LogP contribution in [0.1, 0.15) is 47.1 Å². The number of aromatic carboxylic acids is 1. The van der Waals surface area contributed by atoms with Gasteiger partial charge in [0.15, 0.2) is 5.69 Å². The fraction of sp³-hybridized carbons (Fsp3) is 0.121. The Kier molecular flexibility index (Phi) is 9.64. The summed E-state index contributed by atoms with van der Waals surface area (Å²) in [7, 11) is 4.72. The van der Waals surface area contributed by atoms with Crippen molar-refractivity contribution in [3.63, 3.8) is 0 Å². The van der Waals surface area contributed by atoms with Crippen LogP contribution in [0.4, 0.5) is 0 Å². The van der Waals surface area contributed by atoms with Gasteiger partial charge in [-0.05, 0) is 65.2 Å². The molecule has 10 nitrogen and oxygen atoms in total. The maximum atomic E-state index is 13.0. The largest absolute Gasteiger partial charge is 0.478 e. The van der Waals surface area contributed by atoms with Crippen LogP contribution >= 0.6 is 0 Å². The van der Waals surface area contributed by atoms with Gasteiger partial charge in [-0.2, -0.15) is 5.10 Å². The number of benzene rings is 4. The second kappa shape index (κ2) is 13.7. The lowest BCUT2D eigenvalue weighted by molar-refractivity contribution is 0.0599. The van der Waals surface area contributed by atoms with Gasteiger partial charge in [0, 0.05) is 31.6 Å². The van der Waals surface area contributed by atoms with E-state index in [-0.39, 0.29) is 11.8 Å². The second-order valence-electron chi connectivity index (χ2n) is 9.40. The van der Waals surface area contributed by atoms with Crippen molar-refractivity contribution in [1.82, 2.24) is 20.4 Å². The molecular formula is C33H30N4O6. The van der Waals surface area contributed by atoms with Gasteiger partial charge in [-0.1, -0.05) is 48.5 Å². The average Bonchev–Trinajstić information content (AvgIpc) is 3.39. The van der Waals surface area contributed by atoms with Crippen LogP contribution < -0.4 is 10.6 Å². The Morgan fingerprint density at radius 3 is 2.00 bits per heavy atom. The molecule has 1 aromatic heterocycles. The van der Waals surface area contributed by atoms with E-state index in [9.17, 15) is 19.2 Å². The number of aromatic nitrogens is 2. The van der Waals surface area contributed by atoms with Crippen LogP contribution in [0.2, 0.25) is 0 Å². The zero-order valence-corrected chi connectivity index (χ0v) is 23.8. The van der Waals surface area contributed by atoms with Gasteiger partial charge in [-0.3, -0.25) is 14.3 Å². The zero-order chi connectivity index (χ0) is 30.9. The monoisotopic (exact) mass is 578 g/mol. The molecule has 43 heavy (non-hydrogen) atoms. The number of rotatable bonds is 7. The summed E-state index contributed by atoms with van der Waals surface area (Å²) in [6.07, 6.45) is 0. The Morgan fingerprint density at radius 1 is 0.791 bits per heavy atom. The second-order valence-corrected chi connectivity index (χ2v) is 9.40. The first-order chi connectivity index (χ1) is 20.7. The van der Waals surface area contributed by atoms with Crippen molar-refractivity contribution < 1.29 is 29.0 Å². The highest BCUT2D eigenvalue weighted by atomic mass is 16.5. The number of fused-ring (bicyclic) bond motifs is 1. The normalized spacial score (nSPS) is 10.3. The van der Waals surface area contributed by atoms with Crippen LogP contribution in [0.3, 0.4) is 0 Å². The molecule has 4 aromatic carbocycles. The zero-order valence-electron chi connectivity index (χ0n) is 23.8. The number of ether oxygens (including phenoxy) is 1. The lowest BCUT2D eigenvalue weighted by Crippen LogP contribution is -2.23. The summed E-state index contributed by atoms with van der Waals surface area (Å²) in [5.41, 5.74) is 5.18. The van der Waals surface area contributed by atoms with Gasteiger partial charge in [0.1, 0.15) is 0 Å². The number of esters is 1. The molecule has 0 aliphatic rings. The molecular weight excluding hydrogens is 548 g/mol. The van der Waals surface area contributed by atoms with Crippen molar-refractivity contribution in [2.75, 3.05) is 14.2 Å². The third kappa shape index (κ3) is 7.31. The van der Waals surface area contributed by atoms with E-state index in [0.29, 0.717) is 28.9 Å². The Labute approximate surface area is 247 Å². The number of amides is 2. The van der Waals surface area contributed by atoms with Gasteiger partial charge in [0.05, 0.1) is 23.8 Å². The molecule has 0 aliphatic heterocycles. The molecule has 0 bridgehead atoms. The molecule has 0 fully saturated rings. The predicted octanol–water partition coefficient (Wildman–Crippen LogP) is 4.70. The van der Waals surface area contributed by atoms with E-state index in [1.807, 2.05) is 30.3 Å². The van der Waals surface area contributed by atoms with Crippen molar-refractivity contribution >= 4 is 34.7 Å². The quantitative estimate of drug-likeness (QED) is 0.238. The first-order valence-electron chi connectivity index (χ1n) is 13.2. The first kappa shape index (κ1) is 30.2. The van der Waals surface area contributed by atoms with Gasteiger partial charge in [0.25, 0.3) is 11.8 Å². The van der Waals surface area contributed by atoms with E-state index < -0.39 is 11.9 Å². The Balaban J connectivity index is 0.000000403. The molecule has 1 heterocycles. The third-order valence-corrected chi connectivity index (χ3v) is 6.62. The van der Waals surface area contributed by atoms with Gasteiger partial charge in [-0.25, -0.2) is 9.59 Å². The van der Waals surface area contributed by atoms with Crippen LogP contribution in [0.25, 0.3) is 22.0 Å². The molecule has 0 aliphatic carbocycles. The van der Waals surface area contributed by atoms with Gasteiger partial charge in [-0.15, -0.1) is 0 Å². The summed E-state index contributed by atoms with van der Waals surface area (Å²) in [5.74, 6) is -1.72. The average molecular weight is 579 g/mol. The molecule has 10 heteroatoms. The molecule has 0 radical (unpaired) electrons. The minimum absolute atomic E-state index is 0.161. The summed E-state index contributed by atoms with van der Waals surface area (Å²) in [4.78, 5) is 46.5. The number of carbonyl (C=O) groups excluding carboxylic acids is 3. The highest BCUT2D eigenvalue weighted by Crippen LogP contribution is 2.27. The molecule has 5 rings (SSSR count). The Hall–Kier alpha value is -5.77. The minimum Gasteiger partial charge on any atom is -0.478 e. The van der Waals surface area contributed by atoms with Crippen LogP contribution in [0.5, 0.6) is 0 Å². The molecule has 0 spiro atoms. The van der Waals surface area contributed by atoms with E-state index in [1.54, 1.807) is 85.5 Å². The molecule has 218 valence electrons. The molecule has 3 N–H and O–H groups in total. The van der Waals surface area contributed by atoms with Crippen molar-refractivity contribution in [2.45, 2.75) is 6.54 Å². The van der Waals surface area contributed by atoms with E-state index in [2.05, 4.69) is 15.7 Å². The van der Waals surface area contributed by atoms with Gasteiger partial charge >= 0.3 is 11.9 Å². The smallest absolute Gasteiger partial charge is 0.337 e. The lowest BCUT2D eigenvalue weighted by atomic mass is 10.0. The van der Waals surface area contributed by atoms with E-state index in [0.717, 1.165) is 27.6 Å². The number of carboxylic acid groups (broad SMARTS) is 1. The number of nitrogens with one attached hydrogen (secondary N) is 2. The number of hydrogen-bond donors (Lipinski definition) is 3. The van der Waals surface area contributed by atoms with Gasteiger partial charge in [0.2, 0.25) is 0 Å². The third-order valence-electron chi connectivity index (χ3n) is 6.62. The Bertz CT molecular complexity index is 1760. The summed E-state index contributed by atoms with van der Waals surface area (Å²) >= 11 is 0. The van der Waals surface area contributed by atoms with Crippen LogP contribution in [-0.4, -0.2) is 52.8 Å². The number of hydrogen-bond acceptors (Lipinski definition) is 6. The standard InChI is InChI=1S/C26H24N4O4.C7H6O2/c1-27-24(31)18-6-4-16(5-7-18)15-28-25(32)23-21-14-20(12-13-22(21)30(2)29-23)17-8-10-19(11-9-17)26(33)34-3;8-7(9)6-4-2-1-3-5-6/h4-14H,15H2,1-3H3,(H,27,31)(H,28,32);1-5H,(H,8,9). The number of carbonyl (C=O) groups is 4. The van der Waals surface area contributed by atoms with Gasteiger partial charge < -0.3 is 20.5 Å². The van der Waals surface area contributed by atoms with E-state index >= 15 is 0 Å². The number of carboxylic acids is 1. The van der Waals surface area contributed by atoms with Crippen molar-refractivity contribution in [1.29, 1.82) is 0 Å².